The summed E-state index contributed by atoms with van der Waals surface area (Å²) in [5, 5.41) is 0. The third-order valence-corrected chi connectivity index (χ3v) is 6.69. The molecular formula is C11H17FN2O3S2. The van der Waals surface area contributed by atoms with E-state index in [2.05, 4.69) is 3.77 Å². The molecule has 0 bridgehead atoms. The summed E-state index contributed by atoms with van der Waals surface area (Å²) in [6, 6.07) is 4.99. The van der Waals surface area contributed by atoms with Crippen molar-refractivity contribution < 1.29 is 17.0 Å². The quantitative estimate of drug-likeness (QED) is 0.834. The first kappa shape index (κ1) is 16.1. The molecule has 1 rings (SSSR count). The molecule has 0 radical (unpaired) electrons. The van der Waals surface area contributed by atoms with Crippen molar-refractivity contribution in [1.29, 1.82) is 0 Å². The molecule has 19 heavy (non-hydrogen) atoms. The second kappa shape index (κ2) is 5.98. The van der Waals surface area contributed by atoms with Gasteiger partial charge in [-0.2, -0.15) is 12.7 Å². The fraction of sp³-hybridized carbons (Fsp3) is 0.455. The molecule has 0 aliphatic carbocycles. The smallest absolute Gasteiger partial charge is 0.244 e. The van der Waals surface area contributed by atoms with Crippen molar-refractivity contribution in [1.82, 2.24) is 4.31 Å². The van der Waals surface area contributed by atoms with Crippen LogP contribution in [0.4, 0.5) is 4.39 Å². The Morgan fingerprint density at radius 2 is 1.79 bits per heavy atom. The molecule has 1 unspecified atom stereocenters. The summed E-state index contributed by atoms with van der Waals surface area (Å²) in [5.41, 5.74) is 0. The average molecular weight is 308 g/mol. The first-order valence-corrected chi connectivity index (χ1v) is 9.04. The molecule has 0 N–H and O–H groups in total. The van der Waals surface area contributed by atoms with Crippen molar-refractivity contribution in [2.45, 2.75) is 18.7 Å². The summed E-state index contributed by atoms with van der Waals surface area (Å²) in [6.07, 6.45) is 1.18. The lowest BCUT2D eigenvalue weighted by atomic mass is 10.4. The average Bonchev–Trinajstić information content (AvgIpc) is 2.28. The Morgan fingerprint density at radius 3 is 2.26 bits per heavy atom. The maximum Gasteiger partial charge on any atom is 0.330 e. The van der Waals surface area contributed by atoms with Gasteiger partial charge >= 0.3 is 10.2 Å². The van der Waals surface area contributed by atoms with E-state index in [9.17, 15) is 17.0 Å². The highest BCUT2D eigenvalue weighted by Gasteiger charge is 2.21. The van der Waals surface area contributed by atoms with Crippen molar-refractivity contribution in [2.24, 2.45) is 3.77 Å². The van der Waals surface area contributed by atoms with Crippen molar-refractivity contribution in [3.05, 3.63) is 30.1 Å². The van der Waals surface area contributed by atoms with Crippen molar-refractivity contribution in [2.75, 3.05) is 19.3 Å². The molecule has 108 valence electrons. The highest BCUT2D eigenvalue weighted by atomic mass is 32.3. The Bertz CT molecular complexity index is 660. The molecule has 0 amide bonds. The maximum absolute atomic E-state index is 13.1. The Morgan fingerprint density at radius 1 is 1.21 bits per heavy atom. The van der Waals surface area contributed by atoms with Crippen LogP contribution < -0.4 is 0 Å². The Hall–Kier alpha value is -0.990. The van der Waals surface area contributed by atoms with Crippen LogP contribution in [-0.4, -0.2) is 36.3 Å². The van der Waals surface area contributed by atoms with Crippen molar-refractivity contribution in [3.8, 4) is 0 Å². The summed E-state index contributed by atoms with van der Waals surface area (Å²) < 4.78 is 53.9. The third kappa shape index (κ3) is 3.99. The van der Waals surface area contributed by atoms with Gasteiger partial charge in [0.25, 0.3) is 0 Å². The number of halogens is 1. The number of nitrogens with zero attached hydrogens (tertiary/aromatic N) is 2. The first-order chi connectivity index (χ1) is 8.73. The van der Waals surface area contributed by atoms with Crippen LogP contribution in [0.25, 0.3) is 0 Å². The molecule has 0 aliphatic heterocycles. The van der Waals surface area contributed by atoms with Crippen molar-refractivity contribution >= 4 is 19.9 Å². The third-order valence-electron chi connectivity index (χ3n) is 2.50. The monoisotopic (exact) mass is 308 g/mol. The predicted octanol–water partition coefficient (Wildman–Crippen LogP) is 1.87. The largest absolute Gasteiger partial charge is 0.330 e. The van der Waals surface area contributed by atoms with Gasteiger partial charge in [-0.15, -0.1) is 0 Å². The lowest BCUT2D eigenvalue weighted by Gasteiger charge is -2.15. The van der Waals surface area contributed by atoms with Gasteiger partial charge in [-0.25, -0.2) is 8.60 Å². The number of rotatable bonds is 5. The first-order valence-electron chi connectivity index (χ1n) is 5.72. The van der Waals surface area contributed by atoms with Crippen LogP contribution in [0.5, 0.6) is 0 Å². The zero-order valence-electron chi connectivity index (χ0n) is 11.0. The van der Waals surface area contributed by atoms with Crippen LogP contribution in [-0.2, 0) is 19.9 Å². The summed E-state index contributed by atoms with van der Waals surface area (Å²) in [5.74, 6) is -0.581. The van der Waals surface area contributed by atoms with Crippen LogP contribution in [0.15, 0.2) is 32.9 Å². The Balaban J connectivity index is 3.34. The van der Waals surface area contributed by atoms with E-state index in [1.165, 1.54) is 24.5 Å². The minimum Gasteiger partial charge on any atom is -0.244 e. The summed E-state index contributed by atoms with van der Waals surface area (Å²) in [6.45, 7) is 3.80. The minimum atomic E-state index is -3.98. The molecule has 5 nitrogen and oxygen atoms in total. The van der Waals surface area contributed by atoms with Crippen LogP contribution in [0.3, 0.4) is 0 Å². The van der Waals surface area contributed by atoms with Gasteiger partial charge in [0.2, 0.25) is 0 Å². The van der Waals surface area contributed by atoms with Gasteiger partial charge < -0.3 is 0 Å². The fourth-order valence-corrected chi connectivity index (χ4v) is 5.00. The van der Waals surface area contributed by atoms with Gasteiger partial charge in [0, 0.05) is 19.3 Å². The second-order valence-electron chi connectivity index (χ2n) is 3.90. The fourth-order valence-electron chi connectivity index (χ4n) is 1.52. The van der Waals surface area contributed by atoms with Crippen LogP contribution in [0.1, 0.15) is 13.8 Å². The van der Waals surface area contributed by atoms with Gasteiger partial charge in [0.05, 0.1) is 14.6 Å². The lowest BCUT2D eigenvalue weighted by molar-refractivity contribution is 0.447. The summed E-state index contributed by atoms with van der Waals surface area (Å²) >= 11 is 0. The molecule has 0 spiro atoms. The van der Waals surface area contributed by atoms with E-state index in [4.69, 9.17) is 0 Å². The van der Waals surface area contributed by atoms with E-state index in [1.807, 2.05) is 0 Å². The number of hydrogen-bond donors (Lipinski definition) is 0. The van der Waals surface area contributed by atoms with E-state index in [0.717, 1.165) is 10.4 Å². The molecule has 0 aliphatic rings. The predicted molar refractivity (Wildman–Crippen MR) is 73.0 cm³/mol. The standard InChI is InChI=1S/C11H17FN2O3S2/c1-4-14(5-2)19(16,17)13-18(3,15)11-8-6-7-10(12)9-11/h6-9H,4-5H2,1-3H3. The highest BCUT2D eigenvalue weighted by molar-refractivity contribution is 8.02. The molecular weight excluding hydrogens is 291 g/mol. The second-order valence-corrected chi connectivity index (χ2v) is 7.98. The SMILES string of the molecule is CCN(CC)S(=O)(=O)N=S(C)(=O)c1cccc(F)c1. The topological polar surface area (TPSA) is 66.8 Å². The molecule has 0 aromatic heterocycles. The van der Waals surface area contributed by atoms with Crippen LogP contribution >= 0.6 is 0 Å². The highest BCUT2D eigenvalue weighted by Crippen LogP contribution is 2.16. The van der Waals surface area contributed by atoms with Crippen LogP contribution in [0, 0.1) is 5.82 Å². The lowest BCUT2D eigenvalue weighted by Crippen LogP contribution is -2.29. The minimum absolute atomic E-state index is 0.0585. The molecule has 0 fully saturated rings. The molecule has 0 saturated carbocycles. The zero-order valence-corrected chi connectivity index (χ0v) is 12.7. The Kier molecular flexibility index (Phi) is 5.05. The van der Waals surface area contributed by atoms with Gasteiger partial charge in [-0.05, 0) is 18.2 Å². The Labute approximate surface area is 113 Å². The summed E-state index contributed by atoms with van der Waals surface area (Å²) in [4.78, 5) is 0.0585. The van der Waals surface area contributed by atoms with Gasteiger partial charge in [0.1, 0.15) is 5.82 Å². The van der Waals surface area contributed by atoms with Gasteiger partial charge in [-0.1, -0.05) is 23.7 Å². The summed E-state index contributed by atoms with van der Waals surface area (Å²) in [7, 11) is -7.18. The molecule has 0 heterocycles. The van der Waals surface area contributed by atoms with E-state index in [1.54, 1.807) is 13.8 Å². The number of benzene rings is 1. The molecule has 1 aromatic rings. The molecule has 1 atom stereocenters. The van der Waals surface area contributed by atoms with E-state index >= 15 is 0 Å². The normalized spacial score (nSPS) is 15.2. The van der Waals surface area contributed by atoms with E-state index < -0.39 is 25.8 Å². The zero-order chi connectivity index (χ0) is 14.7. The van der Waals surface area contributed by atoms with Crippen molar-refractivity contribution in [3.63, 3.8) is 0 Å². The molecule has 0 saturated heterocycles. The number of hydrogen-bond acceptors (Lipinski definition) is 3. The molecule has 8 heteroatoms. The van der Waals surface area contributed by atoms with Gasteiger partial charge in [0.15, 0.2) is 0 Å². The van der Waals surface area contributed by atoms with E-state index in [0.29, 0.717) is 0 Å². The maximum atomic E-state index is 13.1. The van der Waals surface area contributed by atoms with E-state index in [-0.39, 0.29) is 18.0 Å². The van der Waals surface area contributed by atoms with Gasteiger partial charge in [-0.3, -0.25) is 0 Å². The molecule has 1 aromatic carbocycles. The van der Waals surface area contributed by atoms with Crippen LogP contribution in [0.2, 0.25) is 0 Å².